The molecule has 2 heterocycles. The molecule has 0 saturated carbocycles. The summed E-state index contributed by atoms with van der Waals surface area (Å²) in [6, 6.07) is 59.8. The van der Waals surface area contributed by atoms with E-state index in [0.717, 1.165) is 33.7 Å². The monoisotopic (exact) mass is 620 g/mol. The van der Waals surface area contributed by atoms with Gasteiger partial charge in [0.2, 0.25) is 5.89 Å². The summed E-state index contributed by atoms with van der Waals surface area (Å²) in [6.45, 7) is 0. The van der Waals surface area contributed by atoms with Crippen LogP contribution in [0.15, 0.2) is 174 Å². The quantitative estimate of drug-likeness (QED) is 0.185. The van der Waals surface area contributed by atoms with Gasteiger partial charge in [-0.15, -0.1) is 11.3 Å². The van der Waals surface area contributed by atoms with Crippen LogP contribution in [-0.4, -0.2) is 4.98 Å². The molecule has 0 bridgehead atoms. The summed E-state index contributed by atoms with van der Waals surface area (Å²) in [4.78, 5) is 7.27. The van der Waals surface area contributed by atoms with Gasteiger partial charge in [0, 0.05) is 32.3 Å². The molecule has 0 N–H and O–H groups in total. The Balaban J connectivity index is 1.24. The van der Waals surface area contributed by atoms with Crippen molar-refractivity contribution >= 4 is 59.7 Å². The summed E-state index contributed by atoms with van der Waals surface area (Å²) in [5.41, 5.74) is 10.7. The maximum absolute atomic E-state index is 6.29. The standard InChI is InChI=1S/C43H28N2OS/c1-4-13-29(14-5-1)30-23-25-33(26-24-30)45(38-21-11-10-19-34(38)31-15-6-2-7-16-31)39-22-12-20-35-36-27-40-37(28-41(36)47-42(35)39)44-43(46-40)32-17-8-3-9-18-32/h1-28H. The predicted molar refractivity (Wildman–Crippen MR) is 198 cm³/mol. The van der Waals surface area contributed by atoms with E-state index in [1.165, 1.54) is 42.4 Å². The van der Waals surface area contributed by atoms with E-state index in [4.69, 9.17) is 9.40 Å². The third-order valence-electron chi connectivity index (χ3n) is 8.71. The van der Waals surface area contributed by atoms with Crippen LogP contribution in [0.25, 0.3) is 65.0 Å². The van der Waals surface area contributed by atoms with Crippen molar-refractivity contribution in [2.24, 2.45) is 0 Å². The molecule has 0 spiro atoms. The number of anilines is 3. The Bertz CT molecular complexity index is 2500. The Morgan fingerprint density at radius 1 is 0.489 bits per heavy atom. The van der Waals surface area contributed by atoms with E-state index < -0.39 is 0 Å². The third-order valence-corrected chi connectivity index (χ3v) is 9.90. The Morgan fingerprint density at radius 2 is 1.11 bits per heavy atom. The lowest BCUT2D eigenvalue weighted by Crippen LogP contribution is -2.11. The lowest BCUT2D eigenvalue weighted by Gasteiger charge is -2.28. The molecule has 0 fully saturated rings. The molecule has 47 heavy (non-hydrogen) atoms. The van der Waals surface area contributed by atoms with Crippen LogP contribution in [0.3, 0.4) is 0 Å². The minimum atomic E-state index is 0.644. The highest BCUT2D eigenvalue weighted by molar-refractivity contribution is 7.26. The molecule has 0 atom stereocenters. The van der Waals surface area contributed by atoms with Gasteiger partial charge in [-0.25, -0.2) is 4.98 Å². The smallest absolute Gasteiger partial charge is 0.227 e. The highest BCUT2D eigenvalue weighted by Gasteiger charge is 2.21. The molecule has 0 amide bonds. The lowest BCUT2D eigenvalue weighted by atomic mass is 10.0. The molecule has 2 aromatic heterocycles. The Hall–Kier alpha value is -5.97. The van der Waals surface area contributed by atoms with Crippen molar-refractivity contribution in [3.05, 3.63) is 170 Å². The zero-order valence-electron chi connectivity index (χ0n) is 25.4. The van der Waals surface area contributed by atoms with Crippen molar-refractivity contribution in [3.8, 4) is 33.7 Å². The fourth-order valence-electron chi connectivity index (χ4n) is 6.46. The van der Waals surface area contributed by atoms with Crippen molar-refractivity contribution in [2.45, 2.75) is 0 Å². The normalized spacial score (nSPS) is 11.4. The van der Waals surface area contributed by atoms with Gasteiger partial charge in [-0.2, -0.15) is 0 Å². The Kier molecular flexibility index (Phi) is 6.65. The molecule has 0 aliphatic rings. The molecular weight excluding hydrogens is 593 g/mol. The average molecular weight is 621 g/mol. The Labute approximate surface area is 276 Å². The summed E-state index contributed by atoms with van der Waals surface area (Å²) >= 11 is 1.80. The second kappa shape index (κ2) is 11.4. The van der Waals surface area contributed by atoms with Crippen LogP contribution in [0, 0.1) is 0 Å². The maximum atomic E-state index is 6.29. The van der Waals surface area contributed by atoms with Gasteiger partial charge in [-0.3, -0.25) is 0 Å². The van der Waals surface area contributed by atoms with E-state index in [2.05, 4.69) is 144 Å². The van der Waals surface area contributed by atoms with Gasteiger partial charge in [0.25, 0.3) is 0 Å². The first-order valence-corrected chi connectivity index (χ1v) is 16.5. The fourth-order valence-corrected chi connectivity index (χ4v) is 7.68. The summed E-state index contributed by atoms with van der Waals surface area (Å²) in [7, 11) is 0. The van der Waals surface area contributed by atoms with E-state index in [1.54, 1.807) is 11.3 Å². The van der Waals surface area contributed by atoms with Crippen molar-refractivity contribution in [1.82, 2.24) is 4.98 Å². The van der Waals surface area contributed by atoms with Crippen LogP contribution in [0.1, 0.15) is 0 Å². The van der Waals surface area contributed by atoms with Crippen LogP contribution < -0.4 is 4.90 Å². The van der Waals surface area contributed by atoms with Gasteiger partial charge >= 0.3 is 0 Å². The van der Waals surface area contributed by atoms with Crippen molar-refractivity contribution in [3.63, 3.8) is 0 Å². The van der Waals surface area contributed by atoms with Crippen LogP contribution in [0.2, 0.25) is 0 Å². The van der Waals surface area contributed by atoms with Crippen LogP contribution >= 0.6 is 11.3 Å². The first-order chi connectivity index (χ1) is 23.3. The van der Waals surface area contributed by atoms with E-state index in [0.29, 0.717) is 5.89 Å². The van der Waals surface area contributed by atoms with Crippen molar-refractivity contribution in [2.75, 3.05) is 4.90 Å². The molecule has 0 aliphatic carbocycles. The first kappa shape index (κ1) is 27.3. The number of benzene rings is 7. The lowest BCUT2D eigenvalue weighted by molar-refractivity contribution is 0.620. The molecule has 0 unspecified atom stereocenters. The number of oxazole rings is 1. The number of thiophene rings is 1. The van der Waals surface area contributed by atoms with Crippen LogP contribution in [0.5, 0.6) is 0 Å². The topological polar surface area (TPSA) is 29.3 Å². The van der Waals surface area contributed by atoms with Gasteiger partial charge in [-0.1, -0.05) is 121 Å². The van der Waals surface area contributed by atoms with Gasteiger partial charge in [-0.05, 0) is 65.2 Å². The average Bonchev–Trinajstić information content (AvgIpc) is 3.73. The van der Waals surface area contributed by atoms with E-state index in [1.807, 2.05) is 30.3 Å². The van der Waals surface area contributed by atoms with E-state index in [9.17, 15) is 0 Å². The van der Waals surface area contributed by atoms with E-state index >= 15 is 0 Å². The number of para-hydroxylation sites is 1. The van der Waals surface area contributed by atoms with Crippen LogP contribution in [0.4, 0.5) is 17.1 Å². The van der Waals surface area contributed by atoms with Gasteiger partial charge in [0.05, 0.1) is 16.1 Å². The highest BCUT2D eigenvalue weighted by Crippen LogP contribution is 2.48. The minimum absolute atomic E-state index is 0.644. The summed E-state index contributed by atoms with van der Waals surface area (Å²) < 4.78 is 8.69. The molecule has 3 nitrogen and oxygen atoms in total. The van der Waals surface area contributed by atoms with Crippen molar-refractivity contribution < 1.29 is 4.42 Å². The van der Waals surface area contributed by atoms with Crippen LogP contribution in [-0.2, 0) is 0 Å². The Morgan fingerprint density at radius 3 is 1.85 bits per heavy atom. The zero-order chi connectivity index (χ0) is 31.2. The molecule has 9 rings (SSSR count). The molecule has 4 heteroatoms. The summed E-state index contributed by atoms with van der Waals surface area (Å²) in [5.74, 6) is 0.644. The number of aromatic nitrogens is 1. The first-order valence-electron chi connectivity index (χ1n) is 15.7. The highest BCUT2D eigenvalue weighted by atomic mass is 32.1. The number of rotatable bonds is 6. The largest absolute Gasteiger partial charge is 0.436 e. The van der Waals surface area contributed by atoms with Gasteiger partial charge in [0.15, 0.2) is 5.58 Å². The van der Waals surface area contributed by atoms with Crippen molar-refractivity contribution in [1.29, 1.82) is 0 Å². The molecular formula is C43H28N2OS. The van der Waals surface area contributed by atoms with E-state index in [-0.39, 0.29) is 0 Å². The molecule has 0 saturated heterocycles. The zero-order valence-corrected chi connectivity index (χ0v) is 26.2. The second-order valence-corrected chi connectivity index (χ2v) is 12.6. The number of hydrogen-bond donors (Lipinski definition) is 0. The summed E-state index contributed by atoms with van der Waals surface area (Å²) in [5, 5.41) is 2.37. The molecule has 0 radical (unpaired) electrons. The fraction of sp³-hybridized carbons (Fsp3) is 0. The third kappa shape index (κ3) is 4.87. The number of fused-ring (bicyclic) bond motifs is 4. The van der Waals surface area contributed by atoms with Gasteiger partial charge < -0.3 is 9.32 Å². The second-order valence-electron chi connectivity index (χ2n) is 11.6. The maximum Gasteiger partial charge on any atom is 0.227 e. The molecule has 9 aromatic rings. The summed E-state index contributed by atoms with van der Waals surface area (Å²) in [6.07, 6.45) is 0. The molecule has 0 aliphatic heterocycles. The van der Waals surface area contributed by atoms with Gasteiger partial charge in [0.1, 0.15) is 5.52 Å². The number of nitrogens with zero attached hydrogens (tertiary/aromatic N) is 2. The predicted octanol–water partition coefficient (Wildman–Crippen LogP) is 12.7. The molecule has 7 aromatic carbocycles. The number of hydrogen-bond acceptors (Lipinski definition) is 4. The molecule has 222 valence electrons. The minimum Gasteiger partial charge on any atom is -0.436 e. The SMILES string of the molecule is c1ccc(-c2ccc(N(c3ccccc3-c3ccccc3)c3cccc4c3sc3cc5nc(-c6ccccc6)oc5cc34)cc2)cc1.